The van der Waals surface area contributed by atoms with Crippen LogP contribution in [0.4, 0.5) is 11.4 Å². The third-order valence-corrected chi connectivity index (χ3v) is 3.28. The molecule has 0 spiro atoms. The van der Waals surface area contributed by atoms with Crippen LogP contribution in [-0.2, 0) is 0 Å². The number of nitro groups is 2. The van der Waals surface area contributed by atoms with Gasteiger partial charge in [0.05, 0.1) is 35.1 Å². The molecule has 0 unspecified atom stereocenters. The SMILES string of the molecule is C.COc1cccc(OCCNC(=O)c2cc([N+](=O)[O-])cc([N+](=O)[O-])c2)c1. The van der Waals surface area contributed by atoms with Gasteiger partial charge in [0.1, 0.15) is 18.1 Å². The lowest BCUT2D eigenvalue weighted by atomic mass is 10.1. The molecule has 2 rings (SSSR count). The van der Waals surface area contributed by atoms with Gasteiger partial charge in [0.15, 0.2) is 0 Å². The summed E-state index contributed by atoms with van der Waals surface area (Å²) in [6.07, 6.45) is 0. The van der Waals surface area contributed by atoms with Crippen LogP contribution in [0.3, 0.4) is 0 Å². The van der Waals surface area contributed by atoms with Gasteiger partial charge in [0, 0.05) is 18.2 Å². The first-order valence-electron chi connectivity index (χ1n) is 7.39. The van der Waals surface area contributed by atoms with Crippen LogP contribution in [-0.4, -0.2) is 36.0 Å². The zero-order valence-electron chi connectivity index (χ0n) is 13.7. The summed E-state index contributed by atoms with van der Waals surface area (Å²) in [4.78, 5) is 32.2. The first-order chi connectivity index (χ1) is 12.4. The van der Waals surface area contributed by atoms with E-state index in [4.69, 9.17) is 9.47 Å². The van der Waals surface area contributed by atoms with Gasteiger partial charge >= 0.3 is 0 Å². The number of nitro benzene ring substituents is 2. The van der Waals surface area contributed by atoms with E-state index >= 15 is 0 Å². The third-order valence-electron chi connectivity index (χ3n) is 3.28. The van der Waals surface area contributed by atoms with Crippen LogP contribution in [0.5, 0.6) is 11.5 Å². The maximum Gasteiger partial charge on any atom is 0.277 e. The van der Waals surface area contributed by atoms with Crippen LogP contribution in [0.15, 0.2) is 42.5 Å². The molecule has 2 aromatic rings. The van der Waals surface area contributed by atoms with E-state index in [1.165, 1.54) is 7.11 Å². The molecule has 1 amide bonds. The molecular weight excluding hydrogens is 358 g/mol. The lowest BCUT2D eigenvalue weighted by Crippen LogP contribution is -2.28. The summed E-state index contributed by atoms with van der Waals surface area (Å²) in [6, 6.07) is 9.64. The molecule has 0 atom stereocenters. The molecule has 0 aliphatic carbocycles. The zero-order valence-corrected chi connectivity index (χ0v) is 13.7. The summed E-state index contributed by atoms with van der Waals surface area (Å²) >= 11 is 0. The average molecular weight is 377 g/mol. The minimum atomic E-state index is -0.796. The second-order valence-electron chi connectivity index (χ2n) is 5.04. The van der Waals surface area contributed by atoms with Gasteiger partial charge < -0.3 is 14.8 Å². The number of hydrogen-bond acceptors (Lipinski definition) is 7. The van der Waals surface area contributed by atoms with Gasteiger partial charge in [-0.3, -0.25) is 25.0 Å². The molecule has 0 aromatic heterocycles. The molecule has 0 aliphatic rings. The Morgan fingerprint density at radius 3 is 2.19 bits per heavy atom. The van der Waals surface area contributed by atoms with Crippen molar-refractivity contribution in [2.24, 2.45) is 0 Å². The molecule has 0 saturated carbocycles. The number of carbonyl (C=O) groups excluding carboxylic acids is 1. The Bertz CT molecular complexity index is 807. The number of nitrogens with one attached hydrogen (secondary N) is 1. The molecule has 0 bridgehead atoms. The summed E-state index contributed by atoms with van der Waals surface area (Å²) in [7, 11) is 1.53. The average Bonchev–Trinajstić information content (AvgIpc) is 2.64. The van der Waals surface area contributed by atoms with Crippen LogP contribution in [0.2, 0.25) is 0 Å². The van der Waals surface area contributed by atoms with E-state index in [0.29, 0.717) is 11.5 Å². The number of methoxy groups -OCH3 is 1. The first kappa shape index (κ1) is 21.4. The fourth-order valence-corrected chi connectivity index (χ4v) is 2.06. The molecule has 2 aromatic carbocycles. The van der Waals surface area contributed by atoms with E-state index in [-0.39, 0.29) is 26.1 Å². The molecule has 10 nitrogen and oxygen atoms in total. The fourth-order valence-electron chi connectivity index (χ4n) is 2.06. The molecule has 0 aliphatic heterocycles. The second-order valence-corrected chi connectivity index (χ2v) is 5.04. The highest BCUT2D eigenvalue weighted by atomic mass is 16.6. The number of nitrogens with zero attached hydrogens (tertiary/aromatic N) is 2. The van der Waals surface area contributed by atoms with Crippen molar-refractivity contribution in [1.29, 1.82) is 0 Å². The number of benzene rings is 2. The van der Waals surface area contributed by atoms with Crippen LogP contribution in [0, 0.1) is 20.2 Å². The highest BCUT2D eigenvalue weighted by molar-refractivity contribution is 5.95. The topological polar surface area (TPSA) is 134 Å². The summed E-state index contributed by atoms with van der Waals surface area (Å²) in [5.74, 6) is 0.492. The van der Waals surface area contributed by atoms with Crippen molar-refractivity contribution in [2.75, 3.05) is 20.3 Å². The van der Waals surface area contributed by atoms with Gasteiger partial charge in [-0.1, -0.05) is 13.5 Å². The number of rotatable bonds is 8. The smallest absolute Gasteiger partial charge is 0.277 e. The van der Waals surface area contributed by atoms with Crippen molar-refractivity contribution in [1.82, 2.24) is 5.32 Å². The third kappa shape index (κ3) is 5.96. The van der Waals surface area contributed by atoms with Crippen molar-refractivity contribution in [3.05, 3.63) is 68.3 Å². The lowest BCUT2D eigenvalue weighted by Gasteiger charge is -2.09. The Kier molecular flexibility index (Phi) is 7.68. The normalized spacial score (nSPS) is 9.67. The Labute approximate surface area is 155 Å². The standard InChI is InChI=1S/C16H15N3O7.CH4/c1-25-14-3-2-4-15(10-14)26-6-5-17-16(20)11-7-12(18(21)22)9-13(8-11)19(23)24;/h2-4,7-10H,5-6H2,1H3,(H,17,20);1H4. The van der Waals surface area contributed by atoms with Gasteiger partial charge in [-0.2, -0.15) is 0 Å². The Morgan fingerprint density at radius 1 is 1.04 bits per heavy atom. The zero-order chi connectivity index (χ0) is 19.1. The van der Waals surface area contributed by atoms with Crippen molar-refractivity contribution in [3.63, 3.8) is 0 Å². The van der Waals surface area contributed by atoms with Crippen LogP contribution >= 0.6 is 0 Å². The first-order valence-corrected chi connectivity index (χ1v) is 7.39. The van der Waals surface area contributed by atoms with Gasteiger partial charge in [-0.05, 0) is 12.1 Å². The molecule has 27 heavy (non-hydrogen) atoms. The quantitative estimate of drug-likeness (QED) is 0.424. The van der Waals surface area contributed by atoms with E-state index in [1.807, 2.05) is 0 Å². The van der Waals surface area contributed by atoms with Crippen molar-refractivity contribution >= 4 is 17.3 Å². The number of hydrogen-bond donors (Lipinski definition) is 1. The monoisotopic (exact) mass is 377 g/mol. The molecule has 0 heterocycles. The highest BCUT2D eigenvalue weighted by Gasteiger charge is 2.19. The number of ether oxygens (including phenoxy) is 2. The molecule has 0 saturated heterocycles. The van der Waals surface area contributed by atoms with Crippen LogP contribution in [0.1, 0.15) is 17.8 Å². The summed E-state index contributed by atoms with van der Waals surface area (Å²) in [5.41, 5.74) is -1.23. The van der Waals surface area contributed by atoms with E-state index in [0.717, 1.165) is 18.2 Å². The van der Waals surface area contributed by atoms with Crippen LogP contribution < -0.4 is 14.8 Å². The van der Waals surface area contributed by atoms with E-state index < -0.39 is 27.1 Å². The maximum atomic E-state index is 12.1. The summed E-state index contributed by atoms with van der Waals surface area (Å²) in [5, 5.41) is 24.2. The summed E-state index contributed by atoms with van der Waals surface area (Å²) in [6.45, 7) is 0.239. The molecule has 0 radical (unpaired) electrons. The molecular formula is C17H19N3O7. The minimum absolute atomic E-state index is 0. The number of amides is 1. The van der Waals surface area contributed by atoms with Crippen molar-refractivity contribution < 1.29 is 24.1 Å². The van der Waals surface area contributed by atoms with Crippen molar-refractivity contribution in [2.45, 2.75) is 7.43 Å². The Balaban J connectivity index is 0.00000364. The molecule has 10 heteroatoms. The number of non-ortho nitro benzene ring substituents is 2. The summed E-state index contributed by atoms with van der Waals surface area (Å²) < 4.78 is 10.5. The van der Waals surface area contributed by atoms with E-state index in [1.54, 1.807) is 24.3 Å². The lowest BCUT2D eigenvalue weighted by molar-refractivity contribution is -0.394. The van der Waals surface area contributed by atoms with E-state index in [9.17, 15) is 25.0 Å². The Hall–Kier alpha value is -3.69. The second kappa shape index (κ2) is 9.70. The largest absolute Gasteiger partial charge is 0.497 e. The maximum absolute atomic E-state index is 12.1. The molecule has 0 fully saturated rings. The van der Waals surface area contributed by atoms with Gasteiger partial charge in [-0.25, -0.2) is 0 Å². The Morgan fingerprint density at radius 2 is 1.63 bits per heavy atom. The molecule has 144 valence electrons. The predicted molar refractivity (Wildman–Crippen MR) is 97.3 cm³/mol. The highest BCUT2D eigenvalue weighted by Crippen LogP contribution is 2.22. The van der Waals surface area contributed by atoms with E-state index in [2.05, 4.69) is 5.32 Å². The fraction of sp³-hybridized carbons (Fsp3) is 0.235. The minimum Gasteiger partial charge on any atom is -0.497 e. The van der Waals surface area contributed by atoms with Gasteiger partial charge in [-0.15, -0.1) is 0 Å². The number of carbonyl (C=O) groups is 1. The van der Waals surface area contributed by atoms with Crippen LogP contribution in [0.25, 0.3) is 0 Å². The van der Waals surface area contributed by atoms with Gasteiger partial charge in [0.2, 0.25) is 0 Å². The van der Waals surface area contributed by atoms with Gasteiger partial charge in [0.25, 0.3) is 17.3 Å². The molecule has 1 N–H and O–H groups in total. The predicted octanol–water partition coefficient (Wildman–Crippen LogP) is 2.96. The van der Waals surface area contributed by atoms with Crippen molar-refractivity contribution in [3.8, 4) is 11.5 Å².